The highest BCUT2D eigenvalue weighted by atomic mass is 16.5. The summed E-state index contributed by atoms with van der Waals surface area (Å²) in [5.41, 5.74) is 0.833. The molecule has 0 bridgehead atoms. The van der Waals surface area contributed by atoms with Crippen LogP contribution in [-0.4, -0.2) is 66.6 Å². The molecule has 1 aromatic rings. The van der Waals surface area contributed by atoms with Crippen LogP contribution in [0.5, 0.6) is 5.75 Å². The van der Waals surface area contributed by atoms with E-state index in [1.54, 1.807) is 11.8 Å². The molecule has 0 radical (unpaired) electrons. The van der Waals surface area contributed by atoms with Crippen LogP contribution in [0.4, 0.5) is 0 Å². The third-order valence-corrected chi connectivity index (χ3v) is 6.55. The lowest BCUT2D eigenvalue weighted by Crippen LogP contribution is -2.52. The van der Waals surface area contributed by atoms with Gasteiger partial charge >= 0.3 is 0 Å². The number of carbonyl (C=O) groups is 3. The number of hydrogen-bond acceptors (Lipinski definition) is 5. The van der Waals surface area contributed by atoms with Crippen molar-refractivity contribution in [2.45, 2.75) is 63.6 Å². The van der Waals surface area contributed by atoms with Crippen LogP contribution in [0, 0.1) is 6.92 Å². The van der Waals surface area contributed by atoms with Crippen LogP contribution in [0.15, 0.2) is 18.2 Å². The Morgan fingerprint density at radius 3 is 2.94 bits per heavy atom. The zero-order valence-corrected chi connectivity index (χ0v) is 18.2. The molecule has 3 unspecified atom stereocenters. The van der Waals surface area contributed by atoms with Gasteiger partial charge in [0, 0.05) is 26.0 Å². The Morgan fingerprint density at radius 1 is 1.32 bits per heavy atom. The van der Waals surface area contributed by atoms with Crippen molar-refractivity contribution in [1.29, 1.82) is 0 Å². The van der Waals surface area contributed by atoms with Gasteiger partial charge in [0.1, 0.15) is 17.4 Å². The van der Waals surface area contributed by atoms with Gasteiger partial charge in [0.2, 0.25) is 11.8 Å². The van der Waals surface area contributed by atoms with Gasteiger partial charge in [-0.3, -0.25) is 14.4 Å². The summed E-state index contributed by atoms with van der Waals surface area (Å²) in [4.78, 5) is 39.9. The summed E-state index contributed by atoms with van der Waals surface area (Å²) in [7, 11) is 0. The van der Waals surface area contributed by atoms with Crippen LogP contribution < -0.4 is 15.4 Å². The molecule has 1 aromatic carbocycles. The predicted molar refractivity (Wildman–Crippen MR) is 114 cm³/mol. The molecule has 0 aromatic heterocycles. The summed E-state index contributed by atoms with van der Waals surface area (Å²) in [5.74, 6) is 0.161. The number of aryl methyl sites for hydroxylation is 1. The second-order valence-electron chi connectivity index (χ2n) is 8.90. The highest BCUT2D eigenvalue weighted by Gasteiger charge is 2.42. The van der Waals surface area contributed by atoms with E-state index in [1.807, 2.05) is 25.1 Å². The molecule has 2 saturated heterocycles. The molecule has 3 atom stereocenters. The average Bonchev–Trinajstić information content (AvgIpc) is 3.01. The zero-order valence-electron chi connectivity index (χ0n) is 18.2. The Morgan fingerprint density at radius 2 is 2.16 bits per heavy atom. The van der Waals surface area contributed by atoms with Gasteiger partial charge in [-0.25, -0.2) is 0 Å². The van der Waals surface area contributed by atoms with Gasteiger partial charge in [0.05, 0.1) is 24.8 Å². The molecule has 168 valence electrons. The summed E-state index contributed by atoms with van der Waals surface area (Å²) in [6.07, 6.45) is 3.11. The van der Waals surface area contributed by atoms with Crippen molar-refractivity contribution in [3.05, 3.63) is 29.3 Å². The fourth-order valence-corrected chi connectivity index (χ4v) is 4.57. The molecule has 8 nitrogen and oxygen atoms in total. The molecular weight excluding hydrogens is 398 g/mol. The van der Waals surface area contributed by atoms with E-state index in [2.05, 4.69) is 10.6 Å². The number of rotatable bonds is 3. The number of ether oxygens (including phenoxy) is 2. The maximum atomic E-state index is 12.9. The van der Waals surface area contributed by atoms with E-state index >= 15 is 0 Å². The van der Waals surface area contributed by atoms with E-state index in [9.17, 15) is 14.4 Å². The monoisotopic (exact) mass is 429 g/mol. The zero-order chi connectivity index (χ0) is 22.0. The van der Waals surface area contributed by atoms with Gasteiger partial charge in [-0.1, -0.05) is 11.6 Å². The van der Waals surface area contributed by atoms with E-state index in [0.717, 1.165) is 25.0 Å². The first-order valence-corrected chi connectivity index (χ1v) is 11.1. The molecule has 4 rings (SSSR count). The lowest BCUT2D eigenvalue weighted by atomic mass is 9.94. The molecular formula is C23H31N3O5. The van der Waals surface area contributed by atoms with Gasteiger partial charge in [-0.15, -0.1) is 0 Å². The number of likely N-dealkylation sites (tertiary alicyclic amines) is 1. The maximum Gasteiger partial charge on any atom is 0.255 e. The third-order valence-electron chi connectivity index (χ3n) is 6.55. The molecule has 2 N–H and O–H groups in total. The van der Waals surface area contributed by atoms with Crippen molar-refractivity contribution in [1.82, 2.24) is 15.5 Å². The Hall–Kier alpha value is -2.61. The van der Waals surface area contributed by atoms with Gasteiger partial charge < -0.3 is 25.0 Å². The topological polar surface area (TPSA) is 97.0 Å². The van der Waals surface area contributed by atoms with Crippen molar-refractivity contribution >= 4 is 17.7 Å². The van der Waals surface area contributed by atoms with Crippen molar-refractivity contribution < 1.29 is 23.9 Å². The molecule has 31 heavy (non-hydrogen) atoms. The minimum Gasteiger partial charge on any atom is -0.485 e. The maximum absolute atomic E-state index is 12.9. The second kappa shape index (κ2) is 8.86. The standard InChI is InChI=1S/C23H31N3O5/c1-15-5-6-19-18(12-15)22(29)24-14-23(31-19)8-7-20(27)26(10-9-23)16(2)21(28)25-17-4-3-11-30-13-17/h5-6,12,16-17H,3-4,7-11,13-14H2,1-2H3,(H,24,29)(H,25,28). The van der Waals surface area contributed by atoms with Gasteiger partial charge in [0.25, 0.3) is 5.91 Å². The number of hydrogen-bond donors (Lipinski definition) is 2. The highest BCUT2D eigenvalue weighted by molar-refractivity contribution is 5.97. The van der Waals surface area contributed by atoms with Crippen LogP contribution in [0.2, 0.25) is 0 Å². The SMILES string of the molecule is Cc1ccc2c(c1)C(=O)NCC1(CCC(=O)N(C(C)C(=O)NC3CCCOC3)CC1)O2. The Bertz CT molecular complexity index is 867. The molecule has 3 aliphatic heterocycles. The van der Waals surface area contributed by atoms with Crippen LogP contribution in [0.1, 0.15) is 54.9 Å². The molecule has 3 amide bonds. The summed E-state index contributed by atoms with van der Waals surface area (Å²) in [6.45, 7) is 5.67. The van der Waals surface area contributed by atoms with Gasteiger partial charge in [0.15, 0.2) is 0 Å². The van der Waals surface area contributed by atoms with E-state index in [-0.39, 0.29) is 30.2 Å². The number of fused-ring (bicyclic) bond motifs is 1. The van der Waals surface area contributed by atoms with Crippen LogP contribution >= 0.6 is 0 Å². The second-order valence-corrected chi connectivity index (χ2v) is 8.90. The van der Waals surface area contributed by atoms with Crippen molar-refractivity contribution in [2.24, 2.45) is 0 Å². The van der Waals surface area contributed by atoms with Crippen LogP contribution in [-0.2, 0) is 14.3 Å². The number of carbonyl (C=O) groups excluding carboxylic acids is 3. The predicted octanol–water partition coefficient (Wildman–Crippen LogP) is 1.55. The first-order chi connectivity index (χ1) is 14.9. The first-order valence-electron chi connectivity index (χ1n) is 11.1. The van der Waals surface area contributed by atoms with Gasteiger partial charge in [-0.05, 0) is 45.2 Å². The molecule has 0 aliphatic carbocycles. The molecule has 0 saturated carbocycles. The third kappa shape index (κ3) is 4.69. The summed E-state index contributed by atoms with van der Waals surface area (Å²) >= 11 is 0. The Labute approximate surface area is 182 Å². The lowest BCUT2D eigenvalue weighted by Gasteiger charge is -2.33. The number of nitrogens with one attached hydrogen (secondary N) is 2. The number of nitrogens with zero attached hydrogens (tertiary/aromatic N) is 1. The molecule has 3 aliphatic rings. The molecule has 2 fully saturated rings. The average molecular weight is 430 g/mol. The van der Waals surface area contributed by atoms with E-state index in [0.29, 0.717) is 43.9 Å². The van der Waals surface area contributed by atoms with Crippen LogP contribution in [0.3, 0.4) is 0 Å². The fourth-order valence-electron chi connectivity index (χ4n) is 4.57. The number of benzene rings is 1. The Balaban J connectivity index is 1.46. The Kier molecular flexibility index (Phi) is 6.18. The smallest absolute Gasteiger partial charge is 0.255 e. The molecule has 1 spiro atoms. The normalized spacial score (nSPS) is 27.4. The first kappa shape index (κ1) is 21.6. The minimum absolute atomic E-state index is 0.00233. The number of amides is 3. The van der Waals surface area contributed by atoms with E-state index < -0.39 is 11.6 Å². The molecule has 3 heterocycles. The van der Waals surface area contributed by atoms with Crippen molar-refractivity contribution in [2.75, 3.05) is 26.3 Å². The van der Waals surface area contributed by atoms with Crippen molar-refractivity contribution in [3.63, 3.8) is 0 Å². The summed E-state index contributed by atoms with van der Waals surface area (Å²) in [6, 6.07) is 4.99. The summed E-state index contributed by atoms with van der Waals surface area (Å²) < 4.78 is 11.8. The quantitative estimate of drug-likeness (QED) is 0.760. The van der Waals surface area contributed by atoms with Crippen molar-refractivity contribution in [3.8, 4) is 5.75 Å². The largest absolute Gasteiger partial charge is 0.485 e. The lowest BCUT2D eigenvalue weighted by molar-refractivity contribution is -0.140. The van der Waals surface area contributed by atoms with Crippen LogP contribution in [0.25, 0.3) is 0 Å². The fraction of sp³-hybridized carbons (Fsp3) is 0.609. The molecule has 8 heteroatoms. The van der Waals surface area contributed by atoms with E-state index in [1.165, 1.54) is 0 Å². The summed E-state index contributed by atoms with van der Waals surface area (Å²) in [5, 5.41) is 5.98. The van der Waals surface area contributed by atoms with Gasteiger partial charge in [-0.2, -0.15) is 0 Å². The van der Waals surface area contributed by atoms with E-state index in [4.69, 9.17) is 9.47 Å². The highest BCUT2D eigenvalue weighted by Crippen LogP contribution is 2.34. The minimum atomic E-state index is -0.673.